The molecule has 6 N–H and O–H groups in total. The molecule has 0 radical (unpaired) electrons. The zero-order valence-corrected chi connectivity index (χ0v) is 19.1. The van der Waals surface area contributed by atoms with Crippen LogP contribution in [-0.4, -0.2) is 46.2 Å². The molecule has 1 aliphatic rings. The van der Waals surface area contributed by atoms with E-state index < -0.39 is 52.3 Å². The van der Waals surface area contributed by atoms with Gasteiger partial charge < -0.3 is 26.8 Å². The number of rotatable bonds is 5. The van der Waals surface area contributed by atoms with E-state index in [-0.39, 0.29) is 23.8 Å². The van der Waals surface area contributed by atoms with Crippen molar-refractivity contribution in [3.63, 3.8) is 0 Å². The summed E-state index contributed by atoms with van der Waals surface area (Å²) in [5.41, 5.74) is 3.92. The van der Waals surface area contributed by atoms with Crippen molar-refractivity contribution in [1.29, 1.82) is 0 Å². The molecule has 12 heteroatoms. The van der Waals surface area contributed by atoms with Crippen LogP contribution in [0.2, 0.25) is 0 Å². The molecule has 0 aliphatic carbocycles. The number of piperidine rings is 1. The second-order valence-corrected chi connectivity index (χ2v) is 8.53. The summed E-state index contributed by atoms with van der Waals surface area (Å²) in [5, 5.41) is 17.8. The molecule has 2 amide bonds. The number of pyridine rings is 2. The van der Waals surface area contributed by atoms with Crippen molar-refractivity contribution in [2.24, 2.45) is 11.7 Å². The number of halogens is 3. The van der Waals surface area contributed by atoms with E-state index in [1.54, 1.807) is 0 Å². The van der Waals surface area contributed by atoms with Crippen LogP contribution < -0.4 is 21.7 Å². The number of nitrogens with one attached hydrogen (secondary N) is 3. The number of nitrogens with zero attached hydrogens (tertiary/aromatic N) is 2. The van der Waals surface area contributed by atoms with Crippen molar-refractivity contribution < 1.29 is 27.9 Å². The number of amides is 2. The fourth-order valence-electron chi connectivity index (χ4n) is 4.43. The third-order valence-electron chi connectivity index (χ3n) is 6.21. The predicted octanol–water partition coefficient (Wildman–Crippen LogP) is 2.84. The lowest BCUT2D eigenvalue weighted by molar-refractivity contribution is 0.102. The molecule has 3 atom stereocenters. The zero-order chi connectivity index (χ0) is 26.0. The van der Waals surface area contributed by atoms with E-state index in [2.05, 4.69) is 25.9 Å². The van der Waals surface area contributed by atoms with Gasteiger partial charge in [0.05, 0.1) is 23.0 Å². The standard InChI is InChI=1S/C24H23F3N6O3/c1-12-9-30-11-24(21(12)28,33-23(35)36)13-7-8-29-10-18(13)32-22(34)17-6-5-16(27)20(31-17)19-14(25)3-2-4-15(19)26/h2-8,10,12,21,30,33H,9,11,28H2,1H3,(H,32,34)(H,35,36)/t12-,21-,24-/m0/s1. The van der Waals surface area contributed by atoms with E-state index in [1.807, 2.05) is 6.92 Å². The monoisotopic (exact) mass is 500 g/mol. The number of anilines is 1. The van der Waals surface area contributed by atoms with E-state index in [0.29, 0.717) is 12.1 Å². The maximum absolute atomic E-state index is 14.4. The normalized spacial score (nSPS) is 21.6. The predicted molar refractivity (Wildman–Crippen MR) is 125 cm³/mol. The van der Waals surface area contributed by atoms with Crippen LogP contribution >= 0.6 is 0 Å². The second kappa shape index (κ2) is 9.91. The van der Waals surface area contributed by atoms with Crippen LogP contribution in [0.15, 0.2) is 48.8 Å². The molecule has 0 unspecified atom stereocenters. The van der Waals surface area contributed by atoms with Crippen LogP contribution in [0.5, 0.6) is 0 Å². The first-order chi connectivity index (χ1) is 17.1. The molecule has 188 valence electrons. The molecule has 36 heavy (non-hydrogen) atoms. The number of hydrogen-bond donors (Lipinski definition) is 5. The number of benzene rings is 1. The SMILES string of the molecule is C[C@H]1CNC[C@](NC(=O)O)(c2ccncc2NC(=O)c2ccc(F)c(-c3c(F)cccc3F)n2)[C@H]1N. The smallest absolute Gasteiger partial charge is 0.405 e. The van der Waals surface area contributed by atoms with Crippen molar-refractivity contribution in [3.8, 4) is 11.3 Å². The van der Waals surface area contributed by atoms with Gasteiger partial charge in [-0.3, -0.25) is 9.78 Å². The molecule has 3 aromatic rings. The van der Waals surface area contributed by atoms with Crippen LogP contribution in [0.3, 0.4) is 0 Å². The third kappa shape index (κ3) is 4.60. The van der Waals surface area contributed by atoms with Crippen molar-refractivity contribution in [2.75, 3.05) is 18.4 Å². The lowest BCUT2D eigenvalue weighted by atomic mass is 9.74. The number of carboxylic acid groups (broad SMARTS) is 1. The van der Waals surface area contributed by atoms with E-state index in [0.717, 1.165) is 30.3 Å². The maximum atomic E-state index is 14.4. The zero-order valence-electron chi connectivity index (χ0n) is 19.1. The summed E-state index contributed by atoms with van der Waals surface area (Å²) < 4.78 is 42.9. The Labute approximate surface area is 204 Å². The number of carbonyl (C=O) groups excluding carboxylic acids is 1. The molecular weight excluding hydrogens is 477 g/mol. The fourth-order valence-corrected chi connectivity index (χ4v) is 4.43. The lowest BCUT2D eigenvalue weighted by Gasteiger charge is -2.46. The molecule has 0 spiro atoms. The van der Waals surface area contributed by atoms with Gasteiger partial charge in [0, 0.05) is 24.3 Å². The average Bonchev–Trinajstić information content (AvgIpc) is 2.83. The highest BCUT2D eigenvalue weighted by Gasteiger charge is 2.46. The van der Waals surface area contributed by atoms with Gasteiger partial charge in [-0.1, -0.05) is 13.0 Å². The number of nitrogens with two attached hydrogens (primary N) is 1. The van der Waals surface area contributed by atoms with Gasteiger partial charge >= 0.3 is 6.09 Å². The summed E-state index contributed by atoms with van der Waals surface area (Å²) in [4.78, 5) is 32.7. The Kier molecular flexibility index (Phi) is 6.91. The maximum Gasteiger partial charge on any atom is 0.405 e. The van der Waals surface area contributed by atoms with Crippen molar-refractivity contribution in [3.05, 3.63) is 77.5 Å². The number of carbonyl (C=O) groups is 2. The number of aromatic nitrogens is 2. The Hall–Kier alpha value is -4.03. The Morgan fingerprint density at radius 1 is 1.14 bits per heavy atom. The second-order valence-electron chi connectivity index (χ2n) is 8.53. The van der Waals surface area contributed by atoms with E-state index >= 15 is 0 Å². The molecule has 1 aliphatic heterocycles. The van der Waals surface area contributed by atoms with Crippen LogP contribution in [0.4, 0.5) is 23.7 Å². The first kappa shape index (κ1) is 25.1. The summed E-state index contributed by atoms with van der Waals surface area (Å²) in [6.45, 7) is 2.56. The Bertz CT molecular complexity index is 1300. The highest BCUT2D eigenvalue weighted by molar-refractivity contribution is 6.03. The van der Waals surface area contributed by atoms with Gasteiger partial charge in [0.25, 0.3) is 5.91 Å². The van der Waals surface area contributed by atoms with Gasteiger partial charge in [0.1, 0.15) is 28.8 Å². The molecule has 0 saturated carbocycles. The van der Waals surface area contributed by atoms with Gasteiger partial charge in [-0.25, -0.2) is 22.9 Å². The lowest BCUT2D eigenvalue weighted by Crippen LogP contribution is -2.68. The van der Waals surface area contributed by atoms with Gasteiger partial charge in [-0.05, 0) is 42.8 Å². The van der Waals surface area contributed by atoms with Crippen LogP contribution in [-0.2, 0) is 5.54 Å². The first-order valence-corrected chi connectivity index (χ1v) is 11.0. The highest BCUT2D eigenvalue weighted by Crippen LogP contribution is 2.35. The quantitative estimate of drug-likeness (QED) is 0.363. The van der Waals surface area contributed by atoms with Gasteiger partial charge in [0.15, 0.2) is 0 Å². The van der Waals surface area contributed by atoms with E-state index in [9.17, 15) is 27.9 Å². The van der Waals surface area contributed by atoms with Gasteiger partial charge in [-0.2, -0.15) is 0 Å². The largest absolute Gasteiger partial charge is 0.465 e. The van der Waals surface area contributed by atoms with E-state index in [1.165, 1.54) is 18.5 Å². The fraction of sp³-hybridized carbons (Fsp3) is 0.250. The van der Waals surface area contributed by atoms with Crippen LogP contribution in [0.25, 0.3) is 11.3 Å². The summed E-state index contributed by atoms with van der Waals surface area (Å²) in [6.07, 6.45) is 1.43. The minimum absolute atomic E-state index is 0.126. The summed E-state index contributed by atoms with van der Waals surface area (Å²) in [5.74, 6) is -4.06. The number of hydrogen-bond acceptors (Lipinski definition) is 6. The third-order valence-corrected chi connectivity index (χ3v) is 6.21. The molecule has 1 fully saturated rings. The van der Waals surface area contributed by atoms with Crippen LogP contribution in [0.1, 0.15) is 23.0 Å². The molecular formula is C24H23F3N6O3. The summed E-state index contributed by atoms with van der Waals surface area (Å²) >= 11 is 0. The Morgan fingerprint density at radius 2 is 1.86 bits per heavy atom. The summed E-state index contributed by atoms with van der Waals surface area (Å²) in [6, 6.07) is 5.83. The topological polar surface area (TPSA) is 142 Å². The minimum atomic E-state index is -1.31. The van der Waals surface area contributed by atoms with Crippen molar-refractivity contribution >= 4 is 17.7 Å². The molecule has 0 bridgehead atoms. The Morgan fingerprint density at radius 3 is 2.56 bits per heavy atom. The highest BCUT2D eigenvalue weighted by atomic mass is 19.1. The molecule has 4 rings (SSSR count). The van der Waals surface area contributed by atoms with Crippen molar-refractivity contribution in [1.82, 2.24) is 20.6 Å². The summed E-state index contributed by atoms with van der Waals surface area (Å²) in [7, 11) is 0. The van der Waals surface area contributed by atoms with Crippen molar-refractivity contribution in [2.45, 2.75) is 18.5 Å². The average molecular weight is 500 g/mol. The van der Waals surface area contributed by atoms with Gasteiger partial charge in [-0.15, -0.1) is 0 Å². The van der Waals surface area contributed by atoms with E-state index in [4.69, 9.17) is 5.73 Å². The van der Waals surface area contributed by atoms with Gasteiger partial charge in [0.2, 0.25) is 0 Å². The first-order valence-electron chi connectivity index (χ1n) is 11.0. The molecule has 9 nitrogen and oxygen atoms in total. The van der Waals surface area contributed by atoms with Crippen LogP contribution in [0, 0.1) is 23.4 Å². The molecule has 1 saturated heterocycles. The Balaban J connectivity index is 1.73. The molecule has 3 heterocycles. The molecule has 2 aromatic heterocycles. The minimum Gasteiger partial charge on any atom is -0.465 e. The molecule has 1 aromatic carbocycles.